The van der Waals surface area contributed by atoms with Crippen LogP contribution < -0.4 is 5.73 Å². The molecule has 0 aliphatic carbocycles. The normalized spacial score (nSPS) is 12.0. The lowest BCUT2D eigenvalue weighted by Crippen LogP contribution is -1.90. The molecule has 0 rings (SSSR count). The van der Waals surface area contributed by atoms with Gasteiger partial charge in [0.1, 0.15) is 0 Å². The van der Waals surface area contributed by atoms with Crippen LogP contribution in [-0.4, -0.2) is 11.7 Å². The fourth-order valence-corrected chi connectivity index (χ4v) is 0.250. The van der Waals surface area contributed by atoms with Gasteiger partial charge in [-0.2, -0.15) is 0 Å². The zero-order valence-electron chi connectivity index (χ0n) is 4.22. The van der Waals surface area contributed by atoms with Gasteiger partial charge in [0.05, 0.1) is 0 Å². The van der Waals surface area contributed by atoms with Gasteiger partial charge in [-0.05, 0) is 13.3 Å². The maximum absolute atomic E-state index is 8.19. The van der Waals surface area contributed by atoms with Gasteiger partial charge in [-0.15, -0.1) is 0 Å². The maximum Gasteiger partial charge on any atom is 0.0466 e. The summed E-state index contributed by atoms with van der Waals surface area (Å²) in [5.41, 5.74) is 5.64. The summed E-state index contributed by atoms with van der Waals surface area (Å²) in [6, 6.07) is 0. The van der Waals surface area contributed by atoms with Gasteiger partial charge in [-0.3, -0.25) is 0 Å². The third-order valence-electron chi connectivity index (χ3n) is 0.536. The van der Waals surface area contributed by atoms with E-state index in [-0.39, 0.29) is 6.61 Å². The first-order valence-corrected chi connectivity index (χ1v) is 2.16. The lowest BCUT2D eigenvalue weighted by molar-refractivity contribution is 0.302. The van der Waals surface area contributed by atoms with Crippen LogP contribution in [0.15, 0.2) is 11.8 Å². The molecule has 0 aromatic carbocycles. The zero-order valence-corrected chi connectivity index (χ0v) is 4.22. The molecule has 0 spiro atoms. The minimum Gasteiger partial charge on any atom is -0.402 e. The average Bonchev–Trinajstić information content (AvgIpc) is 1.61. The van der Waals surface area contributed by atoms with Gasteiger partial charge >= 0.3 is 0 Å². The van der Waals surface area contributed by atoms with Crippen LogP contribution in [0.3, 0.4) is 0 Å². The third kappa shape index (κ3) is 5.50. The third-order valence-corrected chi connectivity index (χ3v) is 0.536. The number of rotatable bonds is 2. The first kappa shape index (κ1) is 6.50. The number of allylic oxidation sites excluding steroid dienone is 1. The predicted molar refractivity (Wildman–Crippen MR) is 29.3 cm³/mol. The number of hydrogen-bond donors (Lipinski definition) is 2. The molecule has 7 heavy (non-hydrogen) atoms. The van der Waals surface area contributed by atoms with E-state index < -0.39 is 0 Å². The van der Waals surface area contributed by atoms with Crippen LogP contribution in [0.25, 0.3) is 0 Å². The van der Waals surface area contributed by atoms with Crippen LogP contribution >= 0.6 is 0 Å². The number of aliphatic hydroxyl groups is 1. The predicted octanol–water partition coefficient (Wildman–Crippen LogP) is 0.0455. The summed E-state index contributed by atoms with van der Waals surface area (Å²) < 4.78 is 0. The standard InChI is InChI=1S/C5H10NO/c1-5(6)3-2-4-7/h3,7H,1-2,4,6H2. The van der Waals surface area contributed by atoms with Crippen molar-refractivity contribution in [2.24, 2.45) is 5.73 Å². The molecule has 0 saturated carbocycles. The monoisotopic (exact) mass is 100 g/mol. The molecule has 2 heteroatoms. The second-order valence-corrected chi connectivity index (χ2v) is 1.29. The van der Waals surface area contributed by atoms with Crippen molar-refractivity contribution in [1.82, 2.24) is 0 Å². The molecule has 2 nitrogen and oxygen atoms in total. The van der Waals surface area contributed by atoms with E-state index >= 15 is 0 Å². The van der Waals surface area contributed by atoms with Gasteiger partial charge in [-0.1, -0.05) is 6.08 Å². The molecule has 0 aromatic rings. The van der Waals surface area contributed by atoms with Crippen molar-refractivity contribution in [3.8, 4) is 0 Å². The Morgan fingerprint density at radius 2 is 2.43 bits per heavy atom. The molecule has 1 radical (unpaired) electrons. The quantitative estimate of drug-likeness (QED) is 0.515. The summed E-state index contributed by atoms with van der Waals surface area (Å²) in [5, 5.41) is 8.19. The van der Waals surface area contributed by atoms with E-state index in [1.165, 1.54) is 0 Å². The molecule has 0 fully saturated rings. The second-order valence-electron chi connectivity index (χ2n) is 1.29. The van der Waals surface area contributed by atoms with E-state index in [0.717, 1.165) is 0 Å². The Hall–Kier alpha value is -0.500. The highest BCUT2D eigenvalue weighted by atomic mass is 16.2. The molecule has 0 aromatic heterocycles. The Morgan fingerprint density at radius 1 is 1.86 bits per heavy atom. The minimum absolute atomic E-state index is 0.149. The van der Waals surface area contributed by atoms with Crippen LogP contribution in [0, 0.1) is 6.92 Å². The van der Waals surface area contributed by atoms with Crippen molar-refractivity contribution in [3.63, 3.8) is 0 Å². The Labute approximate surface area is 43.6 Å². The van der Waals surface area contributed by atoms with Crippen LogP contribution in [0.2, 0.25) is 0 Å². The highest BCUT2D eigenvalue weighted by Gasteiger charge is 1.74. The Bertz CT molecular complexity index is 64.5. The molecule has 3 N–H and O–H groups in total. The van der Waals surface area contributed by atoms with Crippen LogP contribution in [0.5, 0.6) is 0 Å². The number of aliphatic hydroxyl groups excluding tert-OH is 1. The Balaban J connectivity index is 3.08. The fourth-order valence-electron chi connectivity index (χ4n) is 0.250. The summed E-state index contributed by atoms with van der Waals surface area (Å²) in [6.45, 7) is 3.55. The first-order valence-electron chi connectivity index (χ1n) is 2.16. The summed E-state index contributed by atoms with van der Waals surface area (Å²) >= 11 is 0. The van der Waals surface area contributed by atoms with Crippen molar-refractivity contribution in [2.45, 2.75) is 6.42 Å². The molecule has 0 unspecified atom stereocenters. The summed E-state index contributed by atoms with van der Waals surface area (Å²) in [6.07, 6.45) is 2.29. The molecule has 0 amide bonds. The van der Waals surface area contributed by atoms with Gasteiger partial charge in [0, 0.05) is 12.3 Å². The Morgan fingerprint density at radius 3 is 2.57 bits per heavy atom. The van der Waals surface area contributed by atoms with Crippen molar-refractivity contribution in [3.05, 3.63) is 18.7 Å². The molecule has 41 valence electrons. The smallest absolute Gasteiger partial charge is 0.0466 e. The number of nitrogens with two attached hydrogens (primary N) is 1. The SMILES string of the molecule is [CH2]C(N)=CCCO. The van der Waals surface area contributed by atoms with E-state index in [9.17, 15) is 0 Å². The molecule has 0 saturated heterocycles. The van der Waals surface area contributed by atoms with Gasteiger partial charge < -0.3 is 10.8 Å². The van der Waals surface area contributed by atoms with Gasteiger partial charge in [0.15, 0.2) is 0 Å². The average molecular weight is 100 g/mol. The molecule has 0 heterocycles. The Kier molecular flexibility index (Phi) is 3.42. The molecule has 0 atom stereocenters. The van der Waals surface area contributed by atoms with Gasteiger partial charge in [0.25, 0.3) is 0 Å². The molecule has 0 aliphatic heterocycles. The van der Waals surface area contributed by atoms with Crippen molar-refractivity contribution in [2.75, 3.05) is 6.61 Å². The molecule has 0 bridgehead atoms. The van der Waals surface area contributed by atoms with Crippen LogP contribution in [0.1, 0.15) is 6.42 Å². The second kappa shape index (κ2) is 3.68. The first-order chi connectivity index (χ1) is 3.27. The highest BCUT2D eigenvalue weighted by Crippen LogP contribution is 1.82. The van der Waals surface area contributed by atoms with E-state index in [4.69, 9.17) is 10.8 Å². The van der Waals surface area contributed by atoms with Crippen LogP contribution in [-0.2, 0) is 0 Å². The lowest BCUT2D eigenvalue weighted by Gasteiger charge is -1.85. The lowest BCUT2D eigenvalue weighted by atomic mass is 10.4. The van der Waals surface area contributed by atoms with Crippen molar-refractivity contribution >= 4 is 0 Å². The van der Waals surface area contributed by atoms with Gasteiger partial charge in [0.2, 0.25) is 0 Å². The summed E-state index contributed by atoms with van der Waals surface area (Å²) in [4.78, 5) is 0. The van der Waals surface area contributed by atoms with Gasteiger partial charge in [-0.25, -0.2) is 0 Å². The van der Waals surface area contributed by atoms with E-state index in [1.54, 1.807) is 6.08 Å². The maximum atomic E-state index is 8.19. The minimum atomic E-state index is 0.149. The van der Waals surface area contributed by atoms with Crippen molar-refractivity contribution < 1.29 is 5.11 Å². The molecular weight excluding hydrogens is 90.1 g/mol. The topological polar surface area (TPSA) is 46.2 Å². The van der Waals surface area contributed by atoms with E-state index in [2.05, 4.69) is 6.92 Å². The largest absolute Gasteiger partial charge is 0.402 e. The van der Waals surface area contributed by atoms with Crippen molar-refractivity contribution in [1.29, 1.82) is 0 Å². The van der Waals surface area contributed by atoms with E-state index in [1.807, 2.05) is 0 Å². The molecule has 0 aliphatic rings. The van der Waals surface area contributed by atoms with Crippen LogP contribution in [0.4, 0.5) is 0 Å². The fraction of sp³-hybridized carbons (Fsp3) is 0.400. The van der Waals surface area contributed by atoms with E-state index in [0.29, 0.717) is 12.1 Å². The summed E-state index contributed by atoms with van der Waals surface area (Å²) in [5.74, 6) is 0. The number of hydrogen-bond acceptors (Lipinski definition) is 2. The summed E-state index contributed by atoms with van der Waals surface area (Å²) in [7, 11) is 0. The zero-order chi connectivity index (χ0) is 5.70. The highest BCUT2D eigenvalue weighted by molar-refractivity contribution is 4.98. The molecular formula is C5H10NO.